The summed E-state index contributed by atoms with van der Waals surface area (Å²) in [5.41, 5.74) is 6.23. The molecule has 40 heavy (non-hydrogen) atoms. The fourth-order valence-corrected chi connectivity index (χ4v) is 5.73. The molecule has 0 bridgehead atoms. The van der Waals surface area contributed by atoms with Crippen molar-refractivity contribution in [3.8, 4) is 17.2 Å². The molecule has 7 nitrogen and oxygen atoms in total. The number of dihydropyridines is 1. The third-order valence-corrected chi connectivity index (χ3v) is 7.71. The van der Waals surface area contributed by atoms with Gasteiger partial charge in [0.15, 0.2) is 17.3 Å². The van der Waals surface area contributed by atoms with Crippen LogP contribution in [0.5, 0.6) is 17.2 Å². The fraction of sp³-hybridized carbons (Fsp3) is 0.273. The SMILES string of the molecule is COc1ccc([C@H]2CC(=O)C3=C(C2)NC(C)=C(C(=O)Nc2ccc(C)cc2)[C@H]3c2ccccc2OC)cc1OC. The van der Waals surface area contributed by atoms with Crippen molar-refractivity contribution >= 4 is 17.4 Å². The molecule has 0 saturated carbocycles. The Morgan fingerprint density at radius 1 is 0.850 bits per heavy atom. The molecule has 2 atom stereocenters. The first kappa shape index (κ1) is 27.1. The normalized spacial score (nSPS) is 18.6. The minimum atomic E-state index is -0.572. The van der Waals surface area contributed by atoms with E-state index in [4.69, 9.17) is 14.2 Å². The number of amides is 1. The van der Waals surface area contributed by atoms with Crippen LogP contribution in [0.3, 0.4) is 0 Å². The number of Topliss-reactive ketones (excluding diaryl/α,β-unsaturated/α-hetero) is 1. The number of carbonyl (C=O) groups excluding carboxylic acids is 2. The molecular formula is C33H34N2O5. The van der Waals surface area contributed by atoms with Crippen LogP contribution in [0.15, 0.2) is 89.3 Å². The van der Waals surface area contributed by atoms with E-state index in [1.165, 1.54) is 0 Å². The molecule has 1 aliphatic heterocycles. The number of ether oxygens (including phenoxy) is 3. The molecule has 3 aromatic rings. The summed E-state index contributed by atoms with van der Waals surface area (Å²) >= 11 is 0. The second-order valence-corrected chi connectivity index (χ2v) is 10.2. The maximum atomic E-state index is 14.0. The smallest absolute Gasteiger partial charge is 0.254 e. The molecule has 2 N–H and O–H groups in total. The van der Waals surface area contributed by atoms with E-state index in [-0.39, 0.29) is 17.6 Å². The minimum absolute atomic E-state index is 0.00224. The summed E-state index contributed by atoms with van der Waals surface area (Å²) in [6, 6.07) is 21.0. The Morgan fingerprint density at radius 3 is 2.25 bits per heavy atom. The number of benzene rings is 3. The van der Waals surface area contributed by atoms with Crippen LogP contribution in [0.1, 0.15) is 48.3 Å². The average Bonchev–Trinajstić information content (AvgIpc) is 2.96. The number of para-hydroxylation sites is 1. The molecule has 3 aromatic carbocycles. The van der Waals surface area contributed by atoms with E-state index in [1.807, 2.05) is 80.6 Å². The lowest BCUT2D eigenvalue weighted by Crippen LogP contribution is -2.37. The van der Waals surface area contributed by atoms with Crippen LogP contribution in [0.2, 0.25) is 0 Å². The number of hydrogen-bond donors (Lipinski definition) is 2. The Balaban J connectivity index is 1.57. The summed E-state index contributed by atoms with van der Waals surface area (Å²) in [6.45, 7) is 3.89. The highest BCUT2D eigenvalue weighted by Crippen LogP contribution is 2.48. The van der Waals surface area contributed by atoms with Gasteiger partial charge in [0.25, 0.3) is 5.91 Å². The second-order valence-electron chi connectivity index (χ2n) is 10.2. The third kappa shape index (κ3) is 5.07. The van der Waals surface area contributed by atoms with E-state index < -0.39 is 5.92 Å². The molecule has 2 aliphatic rings. The molecule has 206 valence electrons. The van der Waals surface area contributed by atoms with E-state index in [9.17, 15) is 9.59 Å². The van der Waals surface area contributed by atoms with Crippen LogP contribution in [-0.4, -0.2) is 33.0 Å². The zero-order chi connectivity index (χ0) is 28.4. The van der Waals surface area contributed by atoms with Crippen molar-refractivity contribution < 1.29 is 23.8 Å². The number of aryl methyl sites for hydroxylation is 1. The maximum absolute atomic E-state index is 14.0. The van der Waals surface area contributed by atoms with Crippen molar-refractivity contribution in [2.24, 2.45) is 0 Å². The Labute approximate surface area is 234 Å². The van der Waals surface area contributed by atoms with Gasteiger partial charge in [-0.3, -0.25) is 9.59 Å². The van der Waals surface area contributed by atoms with Crippen LogP contribution in [0.25, 0.3) is 0 Å². The summed E-state index contributed by atoms with van der Waals surface area (Å²) in [5, 5.41) is 6.48. The molecule has 0 spiro atoms. The van der Waals surface area contributed by atoms with Crippen LogP contribution in [-0.2, 0) is 9.59 Å². The highest BCUT2D eigenvalue weighted by Gasteiger charge is 2.42. The van der Waals surface area contributed by atoms with Crippen molar-refractivity contribution in [1.29, 1.82) is 0 Å². The predicted molar refractivity (Wildman–Crippen MR) is 155 cm³/mol. The number of carbonyl (C=O) groups is 2. The number of methoxy groups -OCH3 is 3. The van der Waals surface area contributed by atoms with Crippen LogP contribution < -0.4 is 24.8 Å². The summed E-state index contributed by atoms with van der Waals surface area (Å²) in [6.07, 6.45) is 0.931. The molecule has 1 amide bonds. The van der Waals surface area contributed by atoms with Gasteiger partial charge in [0.1, 0.15) is 5.75 Å². The Morgan fingerprint density at radius 2 is 1.55 bits per heavy atom. The lowest BCUT2D eigenvalue weighted by atomic mass is 9.71. The minimum Gasteiger partial charge on any atom is -0.496 e. The largest absolute Gasteiger partial charge is 0.496 e. The van der Waals surface area contributed by atoms with Gasteiger partial charge in [0, 0.05) is 40.2 Å². The van der Waals surface area contributed by atoms with Crippen molar-refractivity contribution in [1.82, 2.24) is 5.32 Å². The van der Waals surface area contributed by atoms with E-state index in [1.54, 1.807) is 21.3 Å². The highest BCUT2D eigenvalue weighted by molar-refractivity contribution is 6.10. The monoisotopic (exact) mass is 538 g/mol. The Hall–Kier alpha value is -4.52. The lowest BCUT2D eigenvalue weighted by Gasteiger charge is -2.37. The summed E-state index contributed by atoms with van der Waals surface area (Å²) in [4.78, 5) is 27.8. The van der Waals surface area contributed by atoms with Crippen LogP contribution >= 0.6 is 0 Å². The lowest BCUT2D eigenvalue weighted by molar-refractivity contribution is -0.116. The molecule has 0 fully saturated rings. The number of anilines is 1. The highest BCUT2D eigenvalue weighted by atomic mass is 16.5. The molecular weight excluding hydrogens is 504 g/mol. The van der Waals surface area contributed by atoms with Gasteiger partial charge in [-0.1, -0.05) is 42.0 Å². The van der Waals surface area contributed by atoms with Crippen molar-refractivity contribution in [2.45, 2.75) is 38.5 Å². The molecule has 0 radical (unpaired) electrons. The first-order chi connectivity index (χ1) is 19.3. The third-order valence-electron chi connectivity index (χ3n) is 7.71. The van der Waals surface area contributed by atoms with Gasteiger partial charge in [0.2, 0.25) is 0 Å². The van der Waals surface area contributed by atoms with Crippen LogP contribution in [0.4, 0.5) is 5.69 Å². The number of allylic oxidation sites excluding steroid dienone is 3. The van der Waals surface area contributed by atoms with E-state index in [2.05, 4.69) is 10.6 Å². The number of ketones is 1. The van der Waals surface area contributed by atoms with E-state index in [0.717, 1.165) is 22.4 Å². The molecule has 7 heteroatoms. The van der Waals surface area contributed by atoms with Gasteiger partial charge in [0.05, 0.1) is 27.2 Å². The van der Waals surface area contributed by atoms with E-state index >= 15 is 0 Å². The van der Waals surface area contributed by atoms with Crippen molar-refractivity contribution in [3.05, 3.63) is 106 Å². The van der Waals surface area contributed by atoms with Gasteiger partial charge in [-0.15, -0.1) is 0 Å². The first-order valence-electron chi connectivity index (χ1n) is 13.3. The number of rotatable bonds is 7. The molecule has 0 unspecified atom stereocenters. The first-order valence-corrected chi connectivity index (χ1v) is 13.3. The van der Waals surface area contributed by atoms with Gasteiger partial charge >= 0.3 is 0 Å². The summed E-state index contributed by atoms with van der Waals surface area (Å²) in [5.74, 6) is 1.02. The Kier molecular flexibility index (Phi) is 7.65. The number of hydrogen-bond acceptors (Lipinski definition) is 6. The van der Waals surface area contributed by atoms with Crippen LogP contribution in [0, 0.1) is 6.92 Å². The molecule has 1 heterocycles. The number of nitrogens with one attached hydrogen (secondary N) is 2. The molecule has 5 rings (SSSR count). The van der Waals surface area contributed by atoms with Gasteiger partial charge < -0.3 is 24.8 Å². The molecule has 0 saturated heterocycles. The maximum Gasteiger partial charge on any atom is 0.254 e. The standard InChI is InChI=1S/C33H34N2O5/c1-19-10-13-23(14-11-19)35-33(37)30-20(2)34-25-16-22(21-12-15-28(39-4)29(18-21)40-5)17-26(36)32(25)31(30)24-8-6-7-9-27(24)38-3/h6-15,18,22,31,34H,16-17H2,1-5H3,(H,35,37)/t22-,31-/m1/s1. The molecule has 0 aromatic heterocycles. The van der Waals surface area contributed by atoms with Gasteiger partial charge in [-0.2, -0.15) is 0 Å². The topological polar surface area (TPSA) is 85.9 Å². The zero-order valence-corrected chi connectivity index (χ0v) is 23.5. The summed E-state index contributed by atoms with van der Waals surface area (Å²) < 4.78 is 16.6. The Bertz CT molecular complexity index is 1520. The molecule has 1 aliphatic carbocycles. The fourth-order valence-electron chi connectivity index (χ4n) is 5.73. The zero-order valence-electron chi connectivity index (χ0n) is 23.5. The average molecular weight is 539 g/mol. The predicted octanol–water partition coefficient (Wildman–Crippen LogP) is 6.02. The summed E-state index contributed by atoms with van der Waals surface area (Å²) in [7, 11) is 4.81. The van der Waals surface area contributed by atoms with Crippen molar-refractivity contribution in [2.75, 3.05) is 26.6 Å². The quantitative estimate of drug-likeness (QED) is 0.383. The van der Waals surface area contributed by atoms with Gasteiger partial charge in [-0.25, -0.2) is 0 Å². The van der Waals surface area contributed by atoms with Crippen molar-refractivity contribution in [3.63, 3.8) is 0 Å². The second kappa shape index (κ2) is 11.3. The van der Waals surface area contributed by atoms with Gasteiger partial charge in [-0.05, 0) is 62.1 Å². The van der Waals surface area contributed by atoms with E-state index in [0.29, 0.717) is 52.6 Å².